The summed E-state index contributed by atoms with van der Waals surface area (Å²) in [5.74, 6) is -1.04. The van der Waals surface area contributed by atoms with Crippen LogP contribution in [0.2, 0.25) is 5.02 Å². The molecule has 33 heavy (non-hydrogen) atoms. The van der Waals surface area contributed by atoms with Gasteiger partial charge in [-0.15, -0.1) is 0 Å². The van der Waals surface area contributed by atoms with Crippen molar-refractivity contribution in [3.63, 3.8) is 0 Å². The molecule has 0 spiro atoms. The van der Waals surface area contributed by atoms with E-state index in [4.69, 9.17) is 21.3 Å². The van der Waals surface area contributed by atoms with Gasteiger partial charge in [-0.1, -0.05) is 23.7 Å². The maximum Gasteiger partial charge on any atom is 0.337 e. The Morgan fingerprint density at radius 2 is 1.85 bits per heavy atom. The molecule has 0 radical (unpaired) electrons. The first kappa shape index (κ1) is 23.0. The molecule has 170 valence electrons. The average molecular weight is 464 g/mol. The molecule has 0 aliphatic rings. The van der Waals surface area contributed by atoms with Gasteiger partial charge in [0.25, 0.3) is 0 Å². The van der Waals surface area contributed by atoms with Crippen molar-refractivity contribution in [2.45, 2.75) is 39.4 Å². The molecule has 0 bridgehead atoms. The molecule has 0 fully saturated rings. The van der Waals surface area contributed by atoms with Crippen molar-refractivity contribution in [3.8, 4) is 22.5 Å². The van der Waals surface area contributed by atoms with Crippen LogP contribution in [-0.2, 0) is 16.6 Å². The number of carbonyl (C=O) groups is 1. The van der Waals surface area contributed by atoms with Crippen LogP contribution in [0.5, 0.6) is 0 Å². The summed E-state index contributed by atoms with van der Waals surface area (Å²) in [6.45, 7) is 7.45. The Balaban J connectivity index is 2.03. The number of hydrogen-bond donors (Lipinski definition) is 1. The smallest absolute Gasteiger partial charge is 0.337 e. The predicted octanol–water partition coefficient (Wildman–Crippen LogP) is 6.20. The Kier molecular flexibility index (Phi) is 5.99. The third-order valence-electron chi connectivity index (χ3n) is 5.41. The predicted molar refractivity (Wildman–Crippen MR) is 130 cm³/mol. The molecule has 1 N–H and O–H groups in total. The van der Waals surface area contributed by atoms with Gasteiger partial charge in [0.1, 0.15) is 0 Å². The van der Waals surface area contributed by atoms with Crippen molar-refractivity contribution in [3.05, 3.63) is 71.1 Å². The first-order valence-corrected chi connectivity index (χ1v) is 11.0. The number of aryl methyl sites for hydroxylation is 2. The van der Waals surface area contributed by atoms with Crippen LogP contribution in [0.3, 0.4) is 0 Å². The zero-order valence-electron chi connectivity index (χ0n) is 19.3. The van der Waals surface area contributed by atoms with Crippen molar-refractivity contribution in [2.75, 3.05) is 0 Å². The van der Waals surface area contributed by atoms with E-state index < -0.39 is 17.7 Å². The molecule has 2 heterocycles. The van der Waals surface area contributed by atoms with E-state index in [-0.39, 0.29) is 0 Å². The van der Waals surface area contributed by atoms with E-state index in [1.807, 2.05) is 69.6 Å². The largest absolute Gasteiger partial charge is 0.479 e. The average Bonchev–Trinajstić information content (AvgIpc) is 3.16. The Hall–Kier alpha value is -3.22. The van der Waals surface area contributed by atoms with Gasteiger partial charge in [0.05, 0.1) is 35.0 Å². The quantitative estimate of drug-likeness (QED) is 0.381. The van der Waals surface area contributed by atoms with Gasteiger partial charge in [-0.2, -0.15) is 0 Å². The minimum absolute atomic E-state index is 0.606. The molecule has 0 aliphatic carbocycles. The summed E-state index contributed by atoms with van der Waals surface area (Å²) < 4.78 is 7.95. The maximum absolute atomic E-state index is 12.4. The molecule has 6 nitrogen and oxygen atoms in total. The molecule has 0 saturated heterocycles. The highest BCUT2D eigenvalue weighted by Gasteiger charge is 2.31. The van der Waals surface area contributed by atoms with E-state index in [0.29, 0.717) is 10.6 Å². The van der Waals surface area contributed by atoms with Crippen molar-refractivity contribution in [1.82, 2.24) is 14.5 Å². The van der Waals surface area contributed by atoms with Crippen molar-refractivity contribution in [2.24, 2.45) is 7.05 Å². The van der Waals surface area contributed by atoms with Gasteiger partial charge in [0, 0.05) is 23.0 Å². The minimum atomic E-state index is -1.14. The number of aliphatic carboxylic acids is 1. The molecule has 1 atom stereocenters. The summed E-state index contributed by atoms with van der Waals surface area (Å²) in [5.41, 5.74) is 4.83. The standard InChI is InChI=1S/C26H26ClN3O3/c1-15-12-20-18(10-11-19(29-20)21-13-28-14-30(21)5)23(16-6-8-17(27)9-7-16)22(15)24(25(31)32)33-26(2,3)4/h6-14,24H,1-5H3,(H,31,32). The second-order valence-corrected chi connectivity index (χ2v) is 9.53. The number of carboxylic acids is 1. The molecule has 0 saturated carbocycles. The Morgan fingerprint density at radius 3 is 2.42 bits per heavy atom. The number of ether oxygens (including phenoxy) is 1. The van der Waals surface area contributed by atoms with Gasteiger partial charge >= 0.3 is 5.97 Å². The van der Waals surface area contributed by atoms with Crippen LogP contribution in [0.1, 0.15) is 38.0 Å². The van der Waals surface area contributed by atoms with E-state index in [0.717, 1.165) is 39.0 Å². The Labute approximate surface area is 197 Å². The second-order valence-electron chi connectivity index (χ2n) is 9.09. The lowest BCUT2D eigenvalue weighted by Crippen LogP contribution is -2.28. The number of imidazole rings is 1. The lowest BCUT2D eigenvalue weighted by atomic mass is 9.88. The fourth-order valence-electron chi connectivity index (χ4n) is 4.02. The SMILES string of the molecule is Cc1cc2nc(-c3cncn3C)ccc2c(-c2ccc(Cl)cc2)c1C(OC(C)(C)C)C(=O)O. The van der Waals surface area contributed by atoms with Crippen LogP contribution in [0.25, 0.3) is 33.4 Å². The molecule has 2 aromatic heterocycles. The highest BCUT2D eigenvalue weighted by atomic mass is 35.5. The molecule has 0 aliphatic heterocycles. The van der Waals surface area contributed by atoms with Crippen LogP contribution in [-0.4, -0.2) is 31.2 Å². The second kappa shape index (κ2) is 8.61. The summed E-state index contributed by atoms with van der Waals surface area (Å²) in [4.78, 5) is 21.5. The normalized spacial score (nSPS) is 12.8. The zero-order chi connectivity index (χ0) is 23.9. The summed E-state index contributed by atoms with van der Waals surface area (Å²) in [6.07, 6.45) is 2.36. The van der Waals surface area contributed by atoms with Crippen LogP contribution in [0, 0.1) is 6.92 Å². The highest BCUT2D eigenvalue weighted by Crippen LogP contribution is 2.41. The molecule has 0 amide bonds. The van der Waals surface area contributed by atoms with Crippen LogP contribution < -0.4 is 0 Å². The third kappa shape index (κ3) is 4.63. The van der Waals surface area contributed by atoms with Crippen molar-refractivity contribution >= 4 is 28.5 Å². The Bertz CT molecular complexity index is 1340. The van der Waals surface area contributed by atoms with Gasteiger partial charge in [0.15, 0.2) is 6.10 Å². The number of rotatable bonds is 5. The number of fused-ring (bicyclic) bond motifs is 1. The van der Waals surface area contributed by atoms with Gasteiger partial charge in [-0.25, -0.2) is 14.8 Å². The first-order chi connectivity index (χ1) is 15.5. The number of nitrogens with zero attached hydrogens (tertiary/aromatic N) is 3. The summed E-state index contributed by atoms with van der Waals surface area (Å²) in [6, 6.07) is 13.2. The van der Waals surface area contributed by atoms with Crippen LogP contribution in [0.15, 0.2) is 55.0 Å². The van der Waals surface area contributed by atoms with E-state index in [2.05, 4.69) is 4.98 Å². The van der Waals surface area contributed by atoms with Crippen LogP contribution in [0.4, 0.5) is 0 Å². The maximum atomic E-state index is 12.4. The summed E-state index contributed by atoms with van der Waals surface area (Å²) in [5, 5.41) is 11.6. The van der Waals surface area contributed by atoms with Crippen LogP contribution >= 0.6 is 11.6 Å². The lowest BCUT2D eigenvalue weighted by Gasteiger charge is -2.28. The van der Waals surface area contributed by atoms with Gasteiger partial charge in [-0.3, -0.25) is 0 Å². The third-order valence-corrected chi connectivity index (χ3v) is 5.66. The van der Waals surface area contributed by atoms with Gasteiger partial charge < -0.3 is 14.4 Å². The summed E-state index contributed by atoms with van der Waals surface area (Å²) in [7, 11) is 1.92. The fourth-order valence-corrected chi connectivity index (χ4v) is 4.15. The molecule has 4 rings (SSSR count). The highest BCUT2D eigenvalue weighted by molar-refractivity contribution is 6.30. The molecular formula is C26H26ClN3O3. The van der Waals surface area contributed by atoms with E-state index in [1.165, 1.54) is 0 Å². The number of pyridine rings is 1. The number of benzene rings is 2. The number of hydrogen-bond acceptors (Lipinski definition) is 4. The van der Waals surface area contributed by atoms with Gasteiger partial charge in [0.2, 0.25) is 0 Å². The molecule has 7 heteroatoms. The Morgan fingerprint density at radius 1 is 1.15 bits per heavy atom. The molecule has 4 aromatic rings. The number of carboxylic acid groups (broad SMARTS) is 1. The van der Waals surface area contributed by atoms with Crippen molar-refractivity contribution < 1.29 is 14.6 Å². The summed E-state index contributed by atoms with van der Waals surface area (Å²) >= 11 is 6.14. The monoisotopic (exact) mass is 463 g/mol. The van der Waals surface area contributed by atoms with Gasteiger partial charge in [-0.05, 0) is 74.7 Å². The number of halogens is 1. The van der Waals surface area contributed by atoms with E-state index in [1.54, 1.807) is 24.7 Å². The molecule has 1 unspecified atom stereocenters. The molecule has 2 aromatic carbocycles. The first-order valence-electron chi connectivity index (χ1n) is 10.6. The zero-order valence-corrected chi connectivity index (χ0v) is 20.0. The minimum Gasteiger partial charge on any atom is -0.479 e. The van der Waals surface area contributed by atoms with E-state index in [9.17, 15) is 9.90 Å². The molecular weight excluding hydrogens is 438 g/mol. The lowest BCUT2D eigenvalue weighted by molar-refractivity contribution is -0.160. The number of aromatic nitrogens is 3. The fraction of sp³-hybridized carbons (Fsp3) is 0.269. The topological polar surface area (TPSA) is 77.2 Å². The van der Waals surface area contributed by atoms with Crippen molar-refractivity contribution in [1.29, 1.82) is 0 Å². The van der Waals surface area contributed by atoms with E-state index >= 15 is 0 Å².